The number of hydrogen-bond donors (Lipinski definition) is 3. The highest BCUT2D eigenvalue weighted by atomic mass is 35.5. The molecule has 2 atom stereocenters. The predicted octanol–water partition coefficient (Wildman–Crippen LogP) is 4.69. The van der Waals surface area contributed by atoms with Crippen LogP contribution in [0.15, 0.2) is 53.3 Å². The quantitative estimate of drug-likeness (QED) is 0.288. The van der Waals surface area contributed by atoms with E-state index < -0.39 is 73.0 Å². The van der Waals surface area contributed by atoms with E-state index in [-0.39, 0.29) is 22.0 Å². The number of nitrogens with one attached hydrogen (secondary N) is 2. The number of amides is 2. The highest BCUT2D eigenvalue weighted by Crippen LogP contribution is 2.31. The van der Waals surface area contributed by atoms with Crippen molar-refractivity contribution in [3.63, 3.8) is 0 Å². The van der Waals surface area contributed by atoms with Gasteiger partial charge in [0.15, 0.2) is 11.9 Å². The molecule has 240 valence electrons. The Morgan fingerprint density at radius 2 is 1.68 bits per heavy atom. The van der Waals surface area contributed by atoms with E-state index in [2.05, 4.69) is 15.7 Å². The maximum Gasteiger partial charge on any atom is 0.416 e. The summed E-state index contributed by atoms with van der Waals surface area (Å²) in [5.41, 5.74) is -2.99. The monoisotopic (exact) mass is 651 g/mol. The van der Waals surface area contributed by atoms with Crippen molar-refractivity contribution in [2.45, 2.75) is 64.0 Å². The number of alkyl carbamates (subject to hydrolysis) is 1. The average Bonchev–Trinajstić information content (AvgIpc) is 3.19. The van der Waals surface area contributed by atoms with Gasteiger partial charge >= 0.3 is 24.1 Å². The fourth-order valence-corrected chi connectivity index (χ4v) is 3.97. The van der Waals surface area contributed by atoms with E-state index in [1.165, 1.54) is 30.3 Å². The number of ether oxygens (including phenoxy) is 1. The second-order valence-corrected chi connectivity index (χ2v) is 11.0. The van der Waals surface area contributed by atoms with Crippen LogP contribution in [-0.2, 0) is 28.8 Å². The predicted molar refractivity (Wildman–Crippen MR) is 146 cm³/mol. The molecule has 0 aliphatic rings. The molecule has 0 radical (unpaired) electrons. The fourth-order valence-electron chi connectivity index (χ4n) is 3.84. The third-order valence-electron chi connectivity index (χ3n) is 5.86. The standard InChI is InChI=1S/C27H28ClF6N5O5/c1-25(2,3)44-23(42)36-19(16-5-4-6-17(11-16)26(29,30)31)12-35-21(41)14-39-24(43)38(13-20(40)27(32,33)34)22(37-39)15-7-9-18(28)10-8-15/h4-11,19-20,40H,12-14H2,1-3H3,(H,35,41)(H,36,42)/t19?,20-/m0/s1. The minimum absolute atomic E-state index is 0.0291. The maximum absolute atomic E-state index is 13.3. The van der Waals surface area contributed by atoms with Gasteiger partial charge in [-0.1, -0.05) is 23.7 Å². The summed E-state index contributed by atoms with van der Waals surface area (Å²) < 4.78 is 85.5. The van der Waals surface area contributed by atoms with Crippen LogP contribution in [0.5, 0.6) is 0 Å². The second-order valence-electron chi connectivity index (χ2n) is 10.6. The molecule has 0 aliphatic carbocycles. The zero-order valence-electron chi connectivity index (χ0n) is 23.5. The van der Waals surface area contributed by atoms with Crippen LogP contribution in [0.25, 0.3) is 11.4 Å². The molecule has 1 aromatic heterocycles. The van der Waals surface area contributed by atoms with Gasteiger partial charge in [-0.05, 0) is 62.7 Å². The molecular weight excluding hydrogens is 624 g/mol. The minimum Gasteiger partial charge on any atom is -0.444 e. The summed E-state index contributed by atoms with van der Waals surface area (Å²) in [5.74, 6) is -1.21. The zero-order chi connectivity index (χ0) is 33.0. The number of rotatable bonds is 9. The molecule has 0 aliphatic heterocycles. The molecule has 0 fully saturated rings. The van der Waals surface area contributed by atoms with Crippen molar-refractivity contribution in [3.05, 3.63) is 75.2 Å². The lowest BCUT2D eigenvalue weighted by Gasteiger charge is -2.24. The first kappa shape index (κ1) is 34.4. The number of nitrogens with zero attached hydrogens (tertiary/aromatic N) is 3. The van der Waals surface area contributed by atoms with Crippen molar-refractivity contribution in [3.8, 4) is 11.4 Å². The Morgan fingerprint density at radius 1 is 1.05 bits per heavy atom. The number of aromatic nitrogens is 3. The van der Waals surface area contributed by atoms with Gasteiger partial charge in [0.2, 0.25) is 5.91 Å². The molecule has 0 saturated carbocycles. The summed E-state index contributed by atoms with van der Waals surface area (Å²) in [7, 11) is 0. The second kappa shape index (κ2) is 13.3. The average molecular weight is 652 g/mol. The molecule has 1 heterocycles. The molecule has 17 heteroatoms. The SMILES string of the molecule is CC(C)(C)OC(=O)NC(CNC(=O)Cn1nc(-c2ccc(Cl)cc2)n(C[C@H](O)C(F)(F)F)c1=O)c1cccc(C(F)(F)F)c1. The van der Waals surface area contributed by atoms with E-state index in [1.54, 1.807) is 20.8 Å². The molecule has 10 nitrogen and oxygen atoms in total. The van der Waals surface area contributed by atoms with Gasteiger partial charge < -0.3 is 20.5 Å². The molecule has 3 aromatic rings. The zero-order valence-corrected chi connectivity index (χ0v) is 24.2. The number of aliphatic hydroxyl groups excluding tert-OH is 1. The number of alkyl halides is 6. The first-order chi connectivity index (χ1) is 20.2. The summed E-state index contributed by atoms with van der Waals surface area (Å²) in [6.07, 6.45) is -13.7. The van der Waals surface area contributed by atoms with Gasteiger partial charge in [0, 0.05) is 17.1 Å². The van der Waals surface area contributed by atoms with Crippen LogP contribution < -0.4 is 16.3 Å². The van der Waals surface area contributed by atoms with Gasteiger partial charge in [-0.3, -0.25) is 9.36 Å². The molecular formula is C27H28ClF6N5O5. The molecule has 3 N–H and O–H groups in total. The first-order valence-electron chi connectivity index (χ1n) is 12.9. The Labute approximate surface area is 251 Å². The van der Waals surface area contributed by atoms with Gasteiger partial charge in [-0.15, -0.1) is 5.10 Å². The summed E-state index contributed by atoms with van der Waals surface area (Å²) in [4.78, 5) is 38.3. The van der Waals surface area contributed by atoms with E-state index in [0.717, 1.165) is 18.2 Å². The lowest BCUT2D eigenvalue weighted by Crippen LogP contribution is -2.42. The van der Waals surface area contributed by atoms with Crippen LogP contribution in [0.2, 0.25) is 5.02 Å². The van der Waals surface area contributed by atoms with E-state index >= 15 is 0 Å². The van der Waals surface area contributed by atoms with Crippen molar-refractivity contribution in [2.24, 2.45) is 0 Å². The number of benzene rings is 2. The van der Waals surface area contributed by atoms with Crippen LogP contribution in [0.3, 0.4) is 0 Å². The number of aliphatic hydroxyl groups is 1. The van der Waals surface area contributed by atoms with Gasteiger partial charge in [-0.2, -0.15) is 26.3 Å². The largest absolute Gasteiger partial charge is 0.444 e. The smallest absolute Gasteiger partial charge is 0.416 e. The molecule has 0 spiro atoms. The molecule has 2 aromatic carbocycles. The molecule has 0 bridgehead atoms. The fraction of sp³-hybridized carbons (Fsp3) is 0.407. The number of carbonyl (C=O) groups excluding carboxylic acids is 2. The summed E-state index contributed by atoms with van der Waals surface area (Å²) >= 11 is 5.86. The van der Waals surface area contributed by atoms with Crippen molar-refractivity contribution in [1.82, 2.24) is 25.0 Å². The third kappa shape index (κ3) is 9.47. The van der Waals surface area contributed by atoms with Crippen molar-refractivity contribution in [2.75, 3.05) is 6.54 Å². The molecule has 2 amide bonds. The van der Waals surface area contributed by atoms with Crippen LogP contribution >= 0.6 is 11.6 Å². The van der Waals surface area contributed by atoms with Crippen molar-refractivity contribution < 1.29 is 45.8 Å². The number of carbonyl (C=O) groups is 2. The lowest BCUT2D eigenvalue weighted by molar-refractivity contribution is -0.207. The summed E-state index contributed by atoms with van der Waals surface area (Å²) in [5, 5.41) is 18.6. The van der Waals surface area contributed by atoms with E-state index in [1.807, 2.05) is 0 Å². The minimum atomic E-state index is -5.06. The van der Waals surface area contributed by atoms with Crippen molar-refractivity contribution in [1.29, 1.82) is 0 Å². The first-order valence-corrected chi connectivity index (χ1v) is 13.2. The highest BCUT2D eigenvalue weighted by Gasteiger charge is 2.39. The normalized spacial score (nSPS) is 13.7. The van der Waals surface area contributed by atoms with E-state index in [9.17, 15) is 45.8 Å². The lowest BCUT2D eigenvalue weighted by atomic mass is 10.0. The highest BCUT2D eigenvalue weighted by molar-refractivity contribution is 6.30. The Morgan fingerprint density at radius 3 is 2.25 bits per heavy atom. The summed E-state index contributed by atoms with van der Waals surface area (Å²) in [6, 6.07) is 8.31. The molecule has 3 rings (SSSR count). The third-order valence-corrected chi connectivity index (χ3v) is 6.11. The Bertz CT molecular complexity index is 1530. The van der Waals surface area contributed by atoms with E-state index in [4.69, 9.17) is 16.3 Å². The van der Waals surface area contributed by atoms with Crippen LogP contribution in [0.1, 0.15) is 37.9 Å². The van der Waals surface area contributed by atoms with Crippen molar-refractivity contribution >= 4 is 23.6 Å². The molecule has 1 unspecified atom stereocenters. The van der Waals surface area contributed by atoms with Gasteiger partial charge in [0.05, 0.1) is 18.2 Å². The number of hydrogen-bond acceptors (Lipinski definition) is 6. The Kier molecular flexibility index (Phi) is 10.4. The summed E-state index contributed by atoms with van der Waals surface area (Å²) in [6.45, 7) is 2.19. The van der Waals surface area contributed by atoms with E-state index in [0.29, 0.717) is 9.25 Å². The number of halogens is 7. The van der Waals surface area contributed by atoms with Crippen LogP contribution in [0.4, 0.5) is 31.1 Å². The topological polar surface area (TPSA) is 127 Å². The van der Waals surface area contributed by atoms with Crippen LogP contribution in [-0.4, -0.2) is 55.9 Å². The molecule has 0 saturated heterocycles. The Hall–Kier alpha value is -4.05. The van der Waals surface area contributed by atoms with Gasteiger partial charge in [0.25, 0.3) is 0 Å². The van der Waals surface area contributed by atoms with Gasteiger partial charge in [-0.25, -0.2) is 14.3 Å². The van der Waals surface area contributed by atoms with Crippen LogP contribution in [0, 0.1) is 0 Å². The van der Waals surface area contributed by atoms with Gasteiger partial charge in [0.1, 0.15) is 12.1 Å². The molecule has 44 heavy (non-hydrogen) atoms. The Balaban J connectivity index is 1.87. The maximum atomic E-state index is 13.3.